The highest BCUT2D eigenvalue weighted by Gasteiger charge is 2.20. The van der Waals surface area contributed by atoms with E-state index in [4.69, 9.17) is 5.11 Å². The molecule has 154 valence electrons. The molecular weight excluding hydrogens is 390 g/mol. The number of carbonyl (C=O) groups is 1. The van der Waals surface area contributed by atoms with Gasteiger partial charge in [-0.05, 0) is 24.3 Å². The summed E-state index contributed by atoms with van der Waals surface area (Å²) in [4.78, 5) is 15.0. The third-order valence-corrected chi connectivity index (χ3v) is 6.31. The number of benzene rings is 2. The van der Waals surface area contributed by atoms with Gasteiger partial charge in [0.25, 0.3) is 0 Å². The summed E-state index contributed by atoms with van der Waals surface area (Å²) in [6.45, 7) is 3.11. The van der Waals surface area contributed by atoms with Gasteiger partial charge in [0.15, 0.2) is 15.6 Å². The molecule has 2 aromatic rings. The Balaban J connectivity index is 0.000000176. The molecule has 2 aliphatic rings. The van der Waals surface area contributed by atoms with Crippen LogP contribution in [0.1, 0.15) is 19.3 Å². The van der Waals surface area contributed by atoms with Gasteiger partial charge in [0.2, 0.25) is 0 Å². The molecule has 3 N–H and O–H groups in total. The first-order valence-corrected chi connectivity index (χ1v) is 11.2. The van der Waals surface area contributed by atoms with Gasteiger partial charge >= 0.3 is 5.97 Å². The maximum Gasteiger partial charge on any atom is 0.319 e. The van der Waals surface area contributed by atoms with E-state index < -0.39 is 21.6 Å². The molecule has 4 rings (SSSR count). The van der Waals surface area contributed by atoms with E-state index in [0.29, 0.717) is 5.39 Å². The number of fused-ring (bicyclic) bond motifs is 1. The van der Waals surface area contributed by atoms with Crippen LogP contribution in [0.25, 0.3) is 10.8 Å². The number of hydrogen-bond donors (Lipinski definition) is 3. The largest absolute Gasteiger partial charge is 0.480 e. The topological polar surface area (TPSA) is 108 Å². The van der Waals surface area contributed by atoms with Crippen LogP contribution in [0.5, 0.6) is 0 Å². The molecule has 0 unspecified atom stereocenters. The quantitative estimate of drug-likeness (QED) is 0.668. The SMILES string of the molecule is C1=C(CCC2=NCCN2)NCC1.O=C(O)CS(=O)(=O)c1cccc2ccccc12. The standard InChI is InChI=1S/C12H10O4S.C9H15N3/c13-12(14)8-17(15,16)11-7-3-5-9-4-1-2-6-10(9)11;1-2-8(10-5-1)3-4-9-11-6-7-12-9/h1-7H,8H2,(H,13,14);2,10H,1,3-7H2,(H,11,12). The second kappa shape index (κ2) is 9.56. The van der Waals surface area contributed by atoms with Gasteiger partial charge in [-0.15, -0.1) is 0 Å². The van der Waals surface area contributed by atoms with Crippen LogP contribution < -0.4 is 10.6 Å². The first-order valence-electron chi connectivity index (χ1n) is 9.58. The lowest BCUT2D eigenvalue weighted by molar-refractivity contribution is -0.134. The zero-order valence-corrected chi connectivity index (χ0v) is 16.9. The van der Waals surface area contributed by atoms with Crippen molar-refractivity contribution in [3.8, 4) is 0 Å². The lowest BCUT2D eigenvalue weighted by atomic mass is 10.1. The van der Waals surface area contributed by atoms with Gasteiger partial charge in [-0.25, -0.2) is 8.42 Å². The molecule has 2 aromatic carbocycles. The Morgan fingerprint density at radius 2 is 1.83 bits per heavy atom. The minimum atomic E-state index is -3.79. The summed E-state index contributed by atoms with van der Waals surface area (Å²) >= 11 is 0. The predicted molar refractivity (Wildman–Crippen MR) is 114 cm³/mol. The molecule has 29 heavy (non-hydrogen) atoms. The van der Waals surface area contributed by atoms with Gasteiger partial charge in [-0.2, -0.15) is 0 Å². The summed E-state index contributed by atoms with van der Waals surface area (Å²) in [6, 6.07) is 11.8. The highest BCUT2D eigenvalue weighted by molar-refractivity contribution is 7.92. The third-order valence-electron chi connectivity index (χ3n) is 4.66. The van der Waals surface area contributed by atoms with Gasteiger partial charge in [0.05, 0.1) is 17.3 Å². The molecule has 0 saturated heterocycles. The number of nitrogens with zero attached hydrogens (tertiary/aromatic N) is 1. The van der Waals surface area contributed by atoms with Gasteiger partial charge < -0.3 is 15.7 Å². The molecule has 0 spiro atoms. The van der Waals surface area contributed by atoms with Crippen LogP contribution in [-0.4, -0.2) is 50.7 Å². The minimum Gasteiger partial charge on any atom is -0.480 e. The van der Waals surface area contributed by atoms with Crippen molar-refractivity contribution in [2.24, 2.45) is 4.99 Å². The molecule has 0 atom stereocenters. The van der Waals surface area contributed by atoms with E-state index in [-0.39, 0.29) is 4.90 Å². The van der Waals surface area contributed by atoms with E-state index in [9.17, 15) is 13.2 Å². The molecule has 0 bridgehead atoms. The fourth-order valence-corrected chi connectivity index (χ4v) is 4.60. The normalized spacial score (nSPS) is 15.6. The average molecular weight is 416 g/mol. The monoisotopic (exact) mass is 415 g/mol. The van der Waals surface area contributed by atoms with Gasteiger partial charge in [0, 0.05) is 30.6 Å². The van der Waals surface area contributed by atoms with E-state index in [2.05, 4.69) is 21.7 Å². The average Bonchev–Trinajstić information content (AvgIpc) is 3.39. The van der Waals surface area contributed by atoms with Crippen LogP contribution in [0.3, 0.4) is 0 Å². The molecule has 0 saturated carbocycles. The first-order chi connectivity index (χ1) is 14.0. The number of amidine groups is 1. The number of carboxylic acids is 1. The van der Waals surface area contributed by atoms with Crippen molar-refractivity contribution in [3.05, 3.63) is 54.2 Å². The number of rotatable bonds is 6. The van der Waals surface area contributed by atoms with Gasteiger partial charge in [0.1, 0.15) is 0 Å². The second-order valence-electron chi connectivity index (χ2n) is 6.83. The molecule has 0 aromatic heterocycles. The number of aliphatic imine (C=N–C) groups is 1. The fourth-order valence-electron chi connectivity index (χ4n) is 3.32. The second-order valence-corrected chi connectivity index (χ2v) is 8.79. The van der Waals surface area contributed by atoms with Crippen molar-refractivity contribution in [1.29, 1.82) is 0 Å². The van der Waals surface area contributed by atoms with E-state index >= 15 is 0 Å². The van der Waals surface area contributed by atoms with Crippen molar-refractivity contribution in [2.75, 3.05) is 25.4 Å². The number of nitrogens with one attached hydrogen (secondary N) is 2. The summed E-state index contributed by atoms with van der Waals surface area (Å²) in [5.41, 5.74) is 1.39. The first kappa shape index (κ1) is 20.9. The van der Waals surface area contributed by atoms with Crippen LogP contribution in [0, 0.1) is 0 Å². The lowest BCUT2D eigenvalue weighted by Crippen LogP contribution is -2.19. The lowest BCUT2D eigenvalue weighted by Gasteiger charge is -2.05. The number of aliphatic carboxylic acids is 1. The van der Waals surface area contributed by atoms with E-state index in [1.54, 1.807) is 36.4 Å². The maximum absolute atomic E-state index is 11.9. The fraction of sp³-hybridized carbons (Fsp3) is 0.333. The Bertz CT molecular complexity index is 1020. The van der Waals surface area contributed by atoms with E-state index in [1.807, 2.05) is 0 Å². The van der Waals surface area contributed by atoms with Crippen LogP contribution in [0.15, 0.2) is 64.1 Å². The summed E-state index contributed by atoms with van der Waals surface area (Å²) < 4.78 is 23.8. The van der Waals surface area contributed by atoms with Crippen LogP contribution in [-0.2, 0) is 14.6 Å². The Morgan fingerprint density at radius 1 is 1.03 bits per heavy atom. The van der Waals surface area contributed by atoms with Crippen LogP contribution in [0.4, 0.5) is 0 Å². The van der Waals surface area contributed by atoms with Gasteiger partial charge in [-0.1, -0.05) is 42.5 Å². The molecule has 0 radical (unpaired) electrons. The zero-order chi connectivity index (χ0) is 20.7. The Morgan fingerprint density at radius 3 is 2.52 bits per heavy atom. The molecule has 0 amide bonds. The molecule has 8 heteroatoms. The summed E-state index contributed by atoms with van der Waals surface area (Å²) in [5.74, 6) is -1.05. The molecule has 2 aliphatic heterocycles. The van der Waals surface area contributed by atoms with Crippen molar-refractivity contribution in [2.45, 2.75) is 24.2 Å². The maximum atomic E-state index is 11.9. The smallest absolute Gasteiger partial charge is 0.319 e. The summed E-state index contributed by atoms with van der Waals surface area (Å²) in [6.07, 6.45) is 5.66. The van der Waals surface area contributed by atoms with Gasteiger partial charge in [-0.3, -0.25) is 9.79 Å². The Hall–Kier alpha value is -2.87. The zero-order valence-electron chi connectivity index (χ0n) is 16.1. The van der Waals surface area contributed by atoms with E-state index in [0.717, 1.165) is 37.9 Å². The third kappa shape index (κ3) is 5.80. The molecular formula is C21H25N3O4S. The van der Waals surface area contributed by atoms with E-state index in [1.165, 1.54) is 24.0 Å². The Labute approximate surface area is 170 Å². The Kier molecular flexibility index (Phi) is 6.87. The predicted octanol–water partition coefficient (Wildman–Crippen LogP) is 2.34. The highest BCUT2D eigenvalue weighted by Crippen LogP contribution is 2.23. The van der Waals surface area contributed by atoms with Crippen molar-refractivity contribution < 1.29 is 18.3 Å². The molecule has 2 heterocycles. The van der Waals surface area contributed by atoms with Crippen molar-refractivity contribution in [1.82, 2.24) is 10.6 Å². The van der Waals surface area contributed by atoms with Crippen molar-refractivity contribution >= 4 is 32.4 Å². The van der Waals surface area contributed by atoms with Crippen LogP contribution >= 0.6 is 0 Å². The highest BCUT2D eigenvalue weighted by atomic mass is 32.2. The molecule has 0 fully saturated rings. The number of carboxylic acid groups (broad SMARTS) is 1. The molecule has 0 aliphatic carbocycles. The number of sulfone groups is 1. The number of allylic oxidation sites excluding steroid dienone is 1. The summed E-state index contributed by atoms with van der Waals surface area (Å²) in [5, 5.41) is 16.6. The molecule has 7 nitrogen and oxygen atoms in total. The minimum absolute atomic E-state index is 0.0676. The number of hydrogen-bond acceptors (Lipinski definition) is 6. The van der Waals surface area contributed by atoms with Crippen LogP contribution in [0.2, 0.25) is 0 Å². The van der Waals surface area contributed by atoms with Crippen molar-refractivity contribution in [3.63, 3.8) is 0 Å². The summed E-state index contributed by atoms with van der Waals surface area (Å²) in [7, 11) is -3.79.